The van der Waals surface area contributed by atoms with Crippen LogP contribution < -0.4 is 4.74 Å². The Labute approximate surface area is 106 Å². The van der Waals surface area contributed by atoms with Gasteiger partial charge in [-0.3, -0.25) is 4.79 Å². The Morgan fingerprint density at radius 1 is 1.44 bits per heavy atom. The molecule has 1 aromatic carbocycles. The Kier molecular flexibility index (Phi) is 3.77. The number of carbonyl (C=O) groups is 1. The van der Waals surface area contributed by atoms with Crippen molar-refractivity contribution in [3.63, 3.8) is 0 Å². The quantitative estimate of drug-likeness (QED) is 0.760. The third kappa shape index (κ3) is 2.59. The van der Waals surface area contributed by atoms with Crippen molar-refractivity contribution in [3.8, 4) is 11.4 Å². The van der Waals surface area contributed by atoms with Gasteiger partial charge in [0, 0.05) is 5.56 Å². The molecule has 1 aromatic heterocycles. The van der Waals surface area contributed by atoms with Gasteiger partial charge in [-0.25, -0.2) is 4.68 Å². The van der Waals surface area contributed by atoms with Crippen molar-refractivity contribution < 1.29 is 9.53 Å². The maximum Gasteiger partial charge on any atom is 0.157 e. The van der Waals surface area contributed by atoms with Gasteiger partial charge in [0.15, 0.2) is 5.75 Å². The molecule has 0 fully saturated rings. The molecule has 0 unspecified atom stereocenters. The number of ether oxygens (including phenoxy) is 1. The van der Waals surface area contributed by atoms with Gasteiger partial charge in [0.25, 0.3) is 0 Å². The van der Waals surface area contributed by atoms with E-state index >= 15 is 0 Å². The number of carbonyl (C=O) groups excluding carboxylic acids is 1. The molecule has 0 radical (unpaired) electrons. The fourth-order valence-electron chi connectivity index (χ4n) is 1.68. The number of rotatable bonds is 5. The first kappa shape index (κ1) is 12.4. The molecular weight excluding hydrogens is 228 g/mol. The molecule has 0 aliphatic heterocycles. The second-order valence-corrected chi connectivity index (χ2v) is 4.13. The minimum atomic E-state index is 0.689. The van der Waals surface area contributed by atoms with Gasteiger partial charge in [-0.05, 0) is 37.1 Å². The highest BCUT2D eigenvalue weighted by Crippen LogP contribution is 2.16. The molecule has 0 aliphatic rings. The van der Waals surface area contributed by atoms with Gasteiger partial charge in [0.1, 0.15) is 6.29 Å². The van der Waals surface area contributed by atoms with Crippen molar-refractivity contribution in [2.45, 2.75) is 20.3 Å². The van der Waals surface area contributed by atoms with E-state index in [4.69, 9.17) is 4.74 Å². The van der Waals surface area contributed by atoms with Crippen LogP contribution in [0.25, 0.3) is 5.69 Å². The largest absolute Gasteiger partial charge is 0.490 e. The van der Waals surface area contributed by atoms with Crippen LogP contribution in [0, 0.1) is 6.92 Å². The molecule has 0 atom stereocenters. The lowest BCUT2D eigenvalue weighted by Crippen LogP contribution is -1.97. The van der Waals surface area contributed by atoms with Gasteiger partial charge in [-0.2, -0.15) is 5.10 Å². The summed E-state index contributed by atoms with van der Waals surface area (Å²) in [7, 11) is 0. The Morgan fingerprint density at radius 2 is 2.28 bits per heavy atom. The topological polar surface area (TPSA) is 44.1 Å². The summed E-state index contributed by atoms with van der Waals surface area (Å²) in [5, 5.41) is 4.24. The highest BCUT2D eigenvalue weighted by molar-refractivity contribution is 5.77. The van der Waals surface area contributed by atoms with Crippen molar-refractivity contribution in [2.75, 3.05) is 6.61 Å². The highest BCUT2D eigenvalue weighted by atomic mass is 16.5. The molecule has 0 spiro atoms. The van der Waals surface area contributed by atoms with E-state index < -0.39 is 0 Å². The molecule has 2 aromatic rings. The molecular formula is C14H16N2O2. The fraction of sp³-hybridized carbons (Fsp3) is 0.286. The first-order chi connectivity index (χ1) is 8.74. The minimum Gasteiger partial charge on any atom is -0.490 e. The molecule has 0 amide bonds. The third-order valence-corrected chi connectivity index (χ3v) is 2.68. The second kappa shape index (κ2) is 5.49. The van der Waals surface area contributed by atoms with Crippen molar-refractivity contribution in [3.05, 3.63) is 41.7 Å². The summed E-state index contributed by atoms with van der Waals surface area (Å²) >= 11 is 0. The lowest BCUT2D eigenvalue weighted by atomic mass is 10.1. The van der Waals surface area contributed by atoms with Gasteiger partial charge in [0.2, 0.25) is 0 Å². The normalized spacial score (nSPS) is 10.3. The fourth-order valence-corrected chi connectivity index (χ4v) is 1.68. The summed E-state index contributed by atoms with van der Waals surface area (Å²) in [4.78, 5) is 10.8. The zero-order valence-electron chi connectivity index (χ0n) is 10.6. The molecule has 0 saturated carbocycles. The van der Waals surface area contributed by atoms with Gasteiger partial charge in [-0.15, -0.1) is 0 Å². The van der Waals surface area contributed by atoms with Crippen LogP contribution in [0.3, 0.4) is 0 Å². The van der Waals surface area contributed by atoms with E-state index in [0.29, 0.717) is 12.2 Å². The summed E-state index contributed by atoms with van der Waals surface area (Å²) in [6.45, 7) is 4.66. The zero-order chi connectivity index (χ0) is 13.0. The predicted octanol–water partition coefficient (Wildman–Crippen LogP) is 2.78. The monoisotopic (exact) mass is 244 g/mol. The number of benzene rings is 1. The average Bonchev–Trinajstić information content (AvgIpc) is 2.85. The predicted molar refractivity (Wildman–Crippen MR) is 69.5 cm³/mol. The van der Waals surface area contributed by atoms with E-state index in [-0.39, 0.29) is 0 Å². The molecule has 18 heavy (non-hydrogen) atoms. The van der Waals surface area contributed by atoms with Crippen LogP contribution in [0.5, 0.6) is 5.75 Å². The maximum atomic E-state index is 10.8. The molecule has 0 saturated heterocycles. The summed E-state index contributed by atoms with van der Waals surface area (Å²) < 4.78 is 7.24. The van der Waals surface area contributed by atoms with Crippen molar-refractivity contribution in [2.24, 2.45) is 0 Å². The Balaban J connectivity index is 2.23. The summed E-state index contributed by atoms with van der Waals surface area (Å²) in [6.07, 6.45) is 5.36. The van der Waals surface area contributed by atoms with Crippen molar-refractivity contribution in [1.82, 2.24) is 9.78 Å². The lowest BCUT2D eigenvalue weighted by molar-refractivity contribution is 0.112. The van der Waals surface area contributed by atoms with E-state index in [0.717, 1.165) is 29.7 Å². The third-order valence-electron chi connectivity index (χ3n) is 2.68. The van der Waals surface area contributed by atoms with E-state index in [2.05, 4.69) is 12.0 Å². The Hall–Kier alpha value is -2.10. The van der Waals surface area contributed by atoms with Gasteiger partial charge in [0.05, 0.1) is 24.7 Å². The van der Waals surface area contributed by atoms with Crippen LogP contribution in [-0.4, -0.2) is 22.7 Å². The van der Waals surface area contributed by atoms with E-state index in [1.165, 1.54) is 0 Å². The Bertz CT molecular complexity index is 546. The molecule has 0 N–H and O–H groups in total. The van der Waals surface area contributed by atoms with Crippen molar-refractivity contribution in [1.29, 1.82) is 0 Å². The number of aryl methyl sites for hydroxylation is 1. The van der Waals surface area contributed by atoms with E-state index in [9.17, 15) is 4.79 Å². The minimum absolute atomic E-state index is 0.689. The van der Waals surface area contributed by atoms with Crippen molar-refractivity contribution >= 4 is 6.29 Å². The van der Waals surface area contributed by atoms with E-state index in [1.54, 1.807) is 16.9 Å². The lowest BCUT2D eigenvalue weighted by Gasteiger charge is -2.04. The number of hydrogen-bond acceptors (Lipinski definition) is 3. The van der Waals surface area contributed by atoms with E-state index in [1.807, 2.05) is 25.3 Å². The molecule has 94 valence electrons. The molecule has 2 rings (SSSR count). The van der Waals surface area contributed by atoms with Crippen LogP contribution in [0.15, 0.2) is 30.6 Å². The summed E-state index contributed by atoms with van der Waals surface area (Å²) in [5.41, 5.74) is 2.56. The first-order valence-corrected chi connectivity index (χ1v) is 5.98. The standard InChI is InChI=1S/C14H16N2O2/c1-3-6-18-14-8-15-16(9-14)13-5-4-12(10-17)11(2)7-13/h4-5,7-10H,3,6H2,1-2H3. The van der Waals surface area contributed by atoms with Gasteiger partial charge in [-0.1, -0.05) is 6.92 Å². The molecule has 4 heteroatoms. The van der Waals surface area contributed by atoms with Crippen LogP contribution >= 0.6 is 0 Å². The van der Waals surface area contributed by atoms with Crippen LogP contribution in [0.2, 0.25) is 0 Å². The smallest absolute Gasteiger partial charge is 0.157 e. The van der Waals surface area contributed by atoms with Crippen LogP contribution in [0.1, 0.15) is 29.3 Å². The highest BCUT2D eigenvalue weighted by Gasteiger charge is 2.04. The Morgan fingerprint density at radius 3 is 2.94 bits per heavy atom. The molecule has 0 aliphatic carbocycles. The van der Waals surface area contributed by atoms with Gasteiger partial charge < -0.3 is 4.74 Å². The summed E-state index contributed by atoms with van der Waals surface area (Å²) in [6, 6.07) is 5.60. The second-order valence-electron chi connectivity index (χ2n) is 4.13. The number of nitrogens with zero attached hydrogens (tertiary/aromatic N) is 2. The number of aromatic nitrogens is 2. The molecule has 1 heterocycles. The molecule has 4 nitrogen and oxygen atoms in total. The first-order valence-electron chi connectivity index (χ1n) is 5.98. The zero-order valence-corrected chi connectivity index (χ0v) is 10.6. The number of hydrogen-bond donors (Lipinski definition) is 0. The van der Waals surface area contributed by atoms with Gasteiger partial charge >= 0.3 is 0 Å². The van der Waals surface area contributed by atoms with Crippen LogP contribution in [-0.2, 0) is 0 Å². The number of aldehydes is 1. The van der Waals surface area contributed by atoms with Crippen LogP contribution in [0.4, 0.5) is 0 Å². The summed E-state index contributed by atoms with van der Waals surface area (Å²) in [5.74, 6) is 0.758. The SMILES string of the molecule is CCCOc1cnn(-c2ccc(C=O)c(C)c2)c1. The average molecular weight is 244 g/mol. The maximum absolute atomic E-state index is 10.8. The molecule has 0 bridgehead atoms.